The quantitative estimate of drug-likeness (QED) is 0.213. The van der Waals surface area contributed by atoms with E-state index in [1.807, 2.05) is 0 Å². The van der Waals surface area contributed by atoms with Crippen molar-refractivity contribution in [1.29, 1.82) is 0 Å². The van der Waals surface area contributed by atoms with Crippen molar-refractivity contribution in [2.24, 2.45) is 0 Å². The average molecular weight is 597 g/mol. The maximum Gasteiger partial charge on any atom is 0.333 e. The summed E-state index contributed by atoms with van der Waals surface area (Å²) in [5, 5.41) is 17.4. The van der Waals surface area contributed by atoms with E-state index in [9.17, 15) is 9.59 Å². The zero-order valence-electron chi connectivity index (χ0n) is 28.6. The van der Waals surface area contributed by atoms with Crippen LogP contribution in [0.4, 0.5) is 0 Å². The average Bonchev–Trinajstić information content (AvgIpc) is 2.93. The number of carbonyl (C=O) groups excluding carboxylic acids is 2. The molecular formula is C37H56O6. The molecule has 43 heavy (non-hydrogen) atoms. The molecular weight excluding hydrogens is 540 g/mol. The van der Waals surface area contributed by atoms with E-state index in [-0.39, 0.29) is 18.6 Å². The molecule has 0 amide bonds. The van der Waals surface area contributed by atoms with Crippen molar-refractivity contribution in [1.82, 2.24) is 0 Å². The van der Waals surface area contributed by atoms with Gasteiger partial charge in [-0.2, -0.15) is 0 Å². The van der Waals surface area contributed by atoms with Crippen LogP contribution in [0.15, 0.2) is 72.8 Å². The summed E-state index contributed by atoms with van der Waals surface area (Å²) in [6.07, 6.45) is 0. The fourth-order valence-corrected chi connectivity index (χ4v) is 3.48. The summed E-state index contributed by atoms with van der Waals surface area (Å²) in [4.78, 5) is 21.8. The van der Waals surface area contributed by atoms with E-state index in [2.05, 4.69) is 103 Å². The summed E-state index contributed by atoms with van der Waals surface area (Å²) in [6.45, 7) is 29.7. The molecule has 0 saturated heterocycles. The van der Waals surface area contributed by atoms with Crippen molar-refractivity contribution in [3.8, 4) is 0 Å². The van der Waals surface area contributed by atoms with E-state index in [4.69, 9.17) is 19.7 Å². The molecule has 0 aliphatic rings. The number of ether oxygens (including phenoxy) is 2. The second-order valence-electron chi connectivity index (χ2n) is 13.4. The van der Waals surface area contributed by atoms with Crippen LogP contribution in [0.5, 0.6) is 0 Å². The largest absolute Gasteiger partial charge is 0.454 e. The number of rotatable bonds is 10. The molecule has 2 aromatic rings. The van der Waals surface area contributed by atoms with Gasteiger partial charge in [-0.25, -0.2) is 9.59 Å². The fraction of sp³-hybridized carbons (Fsp3) is 0.514. The standard InChI is InChI=1S/C21H28.2C8H14O3/c1-15(2)17-7-11-19(12-8-17)21(5,6)20-13-9-18(10-14-20)16(3)4;2*1-6(2)7(10)11-8(3,4)5-9/h7-16H,1-6H3;2*9H,1,5H2,2-4H3. The van der Waals surface area contributed by atoms with Gasteiger partial charge in [0, 0.05) is 16.6 Å². The van der Waals surface area contributed by atoms with Gasteiger partial charge in [0.05, 0.1) is 13.2 Å². The first-order chi connectivity index (χ1) is 19.6. The van der Waals surface area contributed by atoms with E-state index in [0.717, 1.165) is 0 Å². The van der Waals surface area contributed by atoms with Crippen molar-refractivity contribution < 1.29 is 29.3 Å². The van der Waals surface area contributed by atoms with Crippen molar-refractivity contribution >= 4 is 11.9 Å². The Bertz CT molecular complexity index is 1090. The number of carbonyl (C=O) groups is 2. The number of benzene rings is 2. The van der Waals surface area contributed by atoms with Crippen LogP contribution in [0.25, 0.3) is 0 Å². The smallest absolute Gasteiger partial charge is 0.333 e. The first kappa shape index (κ1) is 39.8. The molecule has 2 aromatic carbocycles. The van der Waals surface area contributed by atoms with E-state index >= 15 is 0 Å². The second kappa shape index (κ2) is 17.2. The maximum absolute atomic E-state index is 10.9. The van der Waals surface area contributed by atoms with Crippen LogP contribution in [0.1, 0.15) is 117 Å². The molecule has 240 valence electrons. The molecule has 2 rings (SSSR count). The maximum atomic E-state index is 10.9. The lowest BCUT2D eigenvalue weighted by atomic mass is 9.77. The number of aliphatic hydroxyl groups is 2. The molecule has 0 fully saturated rings. The van der Waals surface area contributed by atoms with Gasteiger partial charge in [0.25, 0.3) is 0 Å². The third-order valence-electron chi connectivity index (χ3n) is 6.79. The van der Waals surface area contributed by atoms with Crippen LogP contribution in [0, 0.1) is 0 Å². The zero-order valence-corrected chi connectivity index (χ0v) is 28.6. The Labute approximate surface area is 260 Å². The summed E-state index contributed by atoms with van der Waals surface area (Å²) >= 11 is 0. The summed E-state index contributed by atoms with van der Waals surface area (Å²) in [5.41, 5.74) is 4.68. The predicted octanol–water partition coefficient (Wildman–Crippen LogP) is 8.01. The first-order valence-electron chi connectivity index (χ1n) is 14.8. The lowest BCUT2D eigenvalue weighted by molar-refractivity contribution is -0.155. The van der Waals surface area contributed by atoms with E-state index in [1.165, 1.54) is 22.3 Å². The lowest BCUT2D eigenvalue weighted by Crippen LogP contribution is -2.32. The van der Waals surface area contributed by atoms with E-state index in [1.54, 1.807) is 41.5 Å². The normalized spacial score (nSPS) is 11.5. The summed E-state index contributed by atoms with van der Waals surface area (Å²) in [5.74, 6) is 0.244. The highest BCUT2D eigenvalue weighted by Gasteiger charge is 2.24. The molecule has 0 saturated carbocycles. The molecule has 0 bridgehead atoms. The molecule has 0 spiro atoms. The molecule has 0 aliphatic heterocycles. The Morgan fingerprint density at radius 3 is 1.07 bits per heavy atom. The van der Waals surface area contributed by atoms with Gasteiger partial charge in [0.1, 0.15) is 11.2 Å². The predicted molar refractivity (Wildman–Crippen MR) is 177 cm³/mol. The summed E-state index contributed by atoms with van der Waals surface area (Å²) in [6, 6.07) is 18.2. The van der Waals surface area contributed by atoms with Crippen LogP contribution in [0.2, 0.25) is 0 Å². The topological polar surface area (TPSA) is 93.1 Å². The zero-order chi connectivity index (χ0) is 33.8. The number of aliphatic hydroxyl groups excluding tert-OH is 2. The molecule has 0 aliphatic carbocycles. The highest BCUT2D eigenvalue weighted by molar-refractivity contribution is 5.87. The van der Waals surface area contributed by atoms with Gasteiger partial charge < -0.3 is 19.7 Å². The van der Waals surface area contributed by atoms with Gasteiger partial charge in [-0.05, 0) is 75.6 Å². The minimum Gasteiger partial charge on any atom is -0.454 e. The summed E-state index contributed by atoms with van der Waals surface area (Å²) in [7, 11) is 0. The molecule has 0 unspecified atom stereocenters. The van der Waals surface area contributed by atoms with Gasteiger partial charge >= 0.3 is 11.9 Å². The van der Waals surface area contributed by atoms with Gasteiger partial charge in [-0.1, -0.05) is 103 Å². The summed E-state index contributed by atoms with van der Waals surface area (Å²) < 4.78 is 9.72. The Hall–Kier alpha value is -3.22. The number of hydrogen-bond donors (Lipinski definition) is 2. The van der Waals surface area contributed by atoms with Crippen LogP contribution in [-0.2, 0) is 24.5 Å². The number of hydrogen-bond acceptors (Lipinski definition) is 6. The Morgan fingerprint density at radius 2 is 0.884 bits per heavy atom. The SMILES string of the molecule is C=C(C)C(=O)OC(C)(C)CO.C=C(C)C(=O)OC(C)(C)CO.CC(C)c1ccc(C(C)(C)c2ccc(C(C)C)cc2)cc1. The van der Waals surface area contributed by atoms with Gasteiger partial charge in [-0.15, -0.1) is 0 Å². The Kier molecular flexibility index (Phi) is 15.9. The van der Waals surface area contributed by atoms with Crippen molar-refractivity contribution in [3.05, 3.63) is 95.1 Å². The van der Waals surface area contributed by atoms with Crippen molar-refractivity contribution in [2.45, 2.75) is 112 Å². The fourth-order valence-electron chi connectivity index (χ4n) is 3.48. The molecule has 2 N–H and O–H groups in total. The van der Waals surface area contributed by atoms with Crippen LogP contribution >= 0.6 is 0 Å². The molecule has 0 heterocycles. The molecule has 0 atom stereocenters. The highest BCUT2D eigenvalue weighted by Crippen LogP contribution is 2.33. The Morgan fingerprint density at radius 1 is 0.628 bits per heavy atom. The van der Waals surface area contributed by atoms with E-state index < -0.39 is 23.1 Å². The van der Waals surface area contributed by atoms with Crippen molar-refractivity contribution in [2.75, 3.05) is 13.2 Å². The third kappa shape index (κ3) is 14.2. The van der Waals surface area contributed by atoms with Gasteiger partial charge in [0.2, 0.25) is 0 Å². The molecule has 6 nitrogen and oxygen atoms in total. The minimum absolute atomic E-state index is 0.0466. The molecule has 0 aromatic heterocycles. The van der Waals surface area contributed by atoms with Gasteiger partial charge in [-0.3, -0.25) is 0 Å². The van der Waals surface area contributed by atoms with Crippen LogP contribution in [0.3, 0.4) is 0 Å². The first-order valence-corrected chi connectivity index (χ1v) is 14.8. The second-order valence-corrected chi connectivity index (χ2v) is 13.4. The molecule has 0 radical (unpaired) electrons. The minimum atomic E-state index is -0.809. The Balaban J connectivity index is 0.000000682. The van der Waals surface area contributed by atoms with Gasteiger partial charge in [0.15, 0.2) is 0 Å². The monoisotopic (exact) mass is 596 g/mol. The van der Waals surface area contributed by atoms with Crippen LogP contribution in [-0.4, -0.2) is 46.6 Å². The lowest BCUT2D eigenvalue weighted by Gasteiger charge is -2.27. The van der Waals surface area contributed by atoms with Crippen LogP contribution < -0.4 is 0 Å². The van der Waals surface area contributed by atoms with E-state index in [0.29, 0.717) is 23.0 Å². The third-order valence-corrected chi connectivity index (χ3v) is 6.79. The van der Waals surface area contributed by atoms with Crippen molar-refractivity contribution in [3.63, 3.8) is 0 Å². The highest BCUT2D eigenvalue weighted by atomic mass is 16.6. The molecule has 6 heteroatoms. The number of esters is 2.